The van der Waals surface area contributed by atoms with Gasteiger partial charge in [0.05, 0.1) is 63.1 Å². The van der Waals surface area contributed by atoms with E-state index in [0.29, 0.717) is 38.5 Å². The van der Waals surface area contributed by atoms with Gasteiger partial charge in [-0.05, 0) is 99.7 Å². The summed E-state index contributed by atoms with van der Waals surface area (Å²) in [7, 11) is 0. The Balaban J connectivity index is 0.828. The molecule has 0 aromatic rings. The van der Waals surface area contributed by atoms with Crippen LogP contribution in [0.25, 0.3) is 0 Å². The SMILES string of the molecule is C[C@H](CC[C@@H](O[C@@H]1O[C@H](CO[C@@H]2O[C@H](CO)[C@@H](O)[C@H](O)[C@H]2O)[C@@H](O)[C@H](O)[C@H]1O)C(C)(C)O)C1CC[C@@]2(C)C3CC=C4C(CC[C@H](O[C@@H]5O[C@H](CO[C@@H]6O[C@H](CO)[C@@H](O)[C@H](O[C@@H]7OC[C@@H](O)C[C@H]7O)[C@H]6O)[C@@H](O)[C@H](O)[C@H]5O)C4(C)C)[C@]3(C)[C@H](O)C[C@]12C. The molecule has 5 saturated heterocycles. The number of hydrogen-bond acceptors (Lipinski definition) is 27. The number of ether oxygens (including phenoxy) is 10. The van der Waals surface area contributed by atoms with Gasteiger partial charge in [0.15, 0.2) is 31.5 Å². The van der Waals surface area contributed by atoms with E-state index in [4.69, 9.17) is 47.4 Å². The van der Waals surface area contributed by atoms with Crippen LogP contribution in [0.3, 0.4) is 0 Å². The van der Waals surface area contributed by atoms with Crippen molar-refractivity contribution in [1.29, 1.82) is 0 Å². The molecule has 0 bridgehead atoms. The number of aliphatic hydroxyl groups is 17. The van der Waals surface area contributed by atoms with Crippen LogP contribution >= 0.6 is 0 Å². The van der Waals surface area contributed by atoms with Gasteiger partial charge in [-0.25, -0.2) is 0 Å². The lowest BCUT2D eigenvalue weighted by molar-refractivity contribution is -0.355. The van der Waals surface area contributed by atoms with Gasteiger partial charge < -0.3 is 134 Å². The van der Waals surface area contributed by atoms with Gasteiger partial charge in [-0.1, -0.05) is 53.2 Å². The van der Waals surface area contributed by atoms with E-state index >= 15 is 0 Å². The molecule has 0 radical (unpaired) electrons. The van der Waals surface area contributed by atoms with Crippen LogP contribution in [-0.2, 0) is 47.4 Å². The fraction of sp³-hybridized carbons (Fsp3) is 0.966. The molecule has 498 valence electrons. The van der Waals surface area contributed by atoms with E-state index in [1.165, 1.54) is 0 Å². The number of hydrogen-bond donors (Lipinski definition) is 17. The van der Waals surface area contributed by atoms with Gasteiger partial charge in [-0.15, -0.1) is 0 Å². The van der Waals surface area contributed by atoms with Crippen LogP contribution < -0.4 is 0 Å². The van der Waals surface area contributed by atoms with Crippen molar-refractivity contribution in [2.24, 2.45) is 45.3 Å². The summed E-state index contributed by atoms with van der Waals surface area (Å²) in [5.41, 5.74) is -2.15. The first-order valence-electron chi connectivity index (χ1n) is 30.9. The van der Waals surface area contributed by atoms with Gasteiger partial charge in [-0.3, -0.25) is 0 Å². The second-order valence-corrected chi connectivity index (χ2v) is 28.2. The minimum absolute atomic E-state index is 0.0502. The van der Waals surface area contributed by atoms with E-state index in [1.54, 1.807) is 13.8 Å². The van der Waals surface area contributed by atoms with E-state index in [9.17, 15) is 86.8 Å². The maximum absolute atomic E-state index is 12.8. The van der Waals surface area contributed by atoms with Crippen molar-refractivity contribution in [2.45, 2.75) is 278 Å². The molecule has 9 aliphatic rings. The maximum atomic E-state index is 12.8. The molecule has 27 nitrogen and oxygen atoms in total. The van der Waals surface area contributed by atoms with Crippen LogP contribution in [0.4, 0.5) is 0 Å². The molecule has 86 heavy (non-hydrogen) atoms. The third kappa shape index (κ3) is 12.7. The smallest absolute Gasteiger partial charge is 0.187 e. The average molecular weight is 1240 g/mol. The lowest BCUT2D eigenvalue weighted by Gasteiger charge is -2.67. The molecule has 4 aliphatic carbocycles. The van der Waals surface area contributed by atoms with E-state index < -0.39 is 202 Å². The lowest BCUT2D eigenvalue weighted by atomic mass is 9.38. The highest BCUT2D eigenvalue weighted by atomic mass is 16.8. The standard InChI is InChI=1S/C59H100O27/c1-24(9-13-37(56(4,5)76)85-54-47(74)44(71)39(66)32(83-54)22-78-51-45(72)42(69)38(65)30(19-60)80-51)26-15-16-57(6)34-12-10-27-28(59(34,8)35(64)18-58(26,57)7)11-14-36(55(27,2)3)84-53-46(73)43(70)40(67)33(82-53)23-79-52-48(75)49(41(68)31(20-61)81-52)86-50-29(63)17-25(62)21-77-50/h10,24-26,28-54,60-76H,9,11-23H2,1-8H3/t24-,25+,26?,28?,29-,30-,31-,32-,33-,34?,35-,36+,37-,38-,39-,40-,41-,42+,43+,44+,45-,46-,47-,48-,49+,50+,51-,52-,53+,54+,57+,58-,59+/m1/s1. The number of allylic oxidation sites excluding steroid dienone is 1. The molecule has 33 atom stereocenters. The van der Waals surface area contributed by atoms with Crippen molar-refractivity contribution in [1.82, 2.24) is 0 Å². The fourth-order valence-electron chi connectivity index (χ4n) is 16.7. The molecule has 27 heteroatoms. The van der Waals surface area contributed by atoms with Gasteiger partial charge in [0, 0.05) is 17.3 Å². The summed E-state index contributed by atoms with van der Waals surface area (Å²) in [5.74, 6) is 0.228. The maximum Gasteiger partial charge on any atom is 0.187 e. The normalized spacial score (nSPS) is 51.4. The minimum atomic E-state index is -1.78. The molecule has 3 unspecified atom stereocenters. The summed E-state index contributed by atoms with van der Waals surface area (Å²) < 4.78 is 58.7. The Kier molecular flexibility index (Phi) is 21.3. The molecule has 17 N–H and O–H groups in total. The van der Waals surface area contributed by atoms with Crippen molar-refractivity contribution < 1.29 is 134 Å². The third-order valence-electron chi connectivity index (χ3n) is 22.3. The van der Waals surface area contributed by atoms with Crippen molar-refractivity contribution in [2.75, 3.05) is 33.0 Å². The summed E-state index contributed by atoms with van der Waals surface area (Å²) >= 11 is 0. The molecule has 0 amide bonds. The van der Waals surface area contributed by atoms with Gasteiger partial charge >= 0.3 is 0 Å². The summed E-state index contributed by atoms with van der Waals surface area (Å²) in [6.45, 7) is 13.6. The zero-order valence-electron chi connectivity index (χ0n) is 50.5. The first-order chi connectivity index (χ1) is 40.2. The highest BCUT2D eigenvalue weighted by Crippen LogP contribution is 2.75. The van der Waals surface area contributed by atoms with E-state index in [2.05, 4.69) is 47.6 Å². The molecular formula is C59H100O27. The van der Waals surface area contributed by atoms with Gasteiger partial charge in [-0.2, -0.15) is 0 Å². The van der Waals surface area contributed by atoms with Crippen molar-refractivity contribution in [3.8, 4) is 0 Å². The van der Waals surface area contributed by atoms with Gasteiger partial charge in [0.2, 0.25) is 0 Å². The topological polar surface area (TPSA) is 436 Å². The Bertz CT molecular complexity index is 2260. The fourth-order valence-corrected chi connectivity index (χ4v) is 16.7. The zero-order valence-corrected chi connectivity index (χ0v) is 50.5. The zero-order chi connectivity index (χ0) is 63.1. The van der Waals surface area contributed by atoms with Crippen molar-refractivity contribution in [3.63, 3.8) is 0 Å². The van der Waals surface area contributed by atoms with Gasteiger partial charge in [0.25, 0.3) is 0 Å². The van der Waals surface area contributed by atoms with Crippen LogP contribution in [0.5, 0.6) is 0 Å². The predicted octanol–water partition coefficient (Wildman–Crippen LogP) is -3.74. The third-order valence-corrected chi connectivity index (χ3v) is 22.3. The molecule has 5 aliphatic heterocycles. The minimum Gasteiger partial charge on any atom is -0.394 e. The van der Waals surface area contributed by atoms with Crippen LogP contribution in [0, 0.1) is 45.3 Å². The van der Waals surface area contributed by atoms with E-state index in [0.717, 1.165) is 18.4 Å². The van der Waals surface area contributed by atoms with Gasteiger partial charge in [0.1, 0.15) is 104 Å². The second-order valence-electron chi connectivity index (χ2n) is 28.2. The predicted molar refractivity (Wildman–Crippen MR) is 293 cm³/mol. The molecule has 0 aromatic carbocycles. The average Bonchev–Trinajstić information content (AvgIpc) is 1.66. The first-order valence-corrected chi connectivity index (χ1v) is 30.9. The molecule has 0 aromatic heterocycles. The Hall–Kier alpha value is -1.34. The highest BCUT2D eigenvalue weighted by molar-refractivity contribution is 5.32. The van der Waals surface area contributed by atoms with E-state index in [-0.39, 0.29) is 47.5 Å². The molecule has 8 fully saturated rings. The second kappa shape index (κ2) is 26.6. The summed E-state index contributed by atoms with van der Waals surface area (Å²) in [6.07, 6.45) is -30.4. The Morgan fingerprint density at radius 2 is 1.13 bits per heavy atom. The molecule has 0 spiro atoms. The largest absolute Gasteiger partial charge is 0.394 e. The van der Waals surface area contributed by atoms with Crippen molar-refractivity contribution in [3.05, 3.63) is 11.6 Å². The summed E-state index contributed by atoms with van der Waals surface area (Å²) in [6, 6.07) is 0. The van der Waals surface area contributed by atoms with E-state index in [1.807, 2.05) is 0 Å². The molecular weight excluding hydrogens is 1140 g/mol. The van der Waals surface area contributed by atoms with Crippen LogP contribution in [0.1, 0.15) is 113 Å². The Labute approximate surface area is 501 Å². The molecule has 9 rings (SSSR count). The first kappa shape index (κ1) is 69.0. The Morgan fingerprint density at radius 3 is 1.71 bits per heavy atom. The van der Waals surface area contributed by atoms with Crippen LogP contribution in [0.15, 0.2) is 11.6 Å². The van der Waals surface area contributed by atoms with Crippen LogP contribution in [-0.4, -0.2) is 285 Å². The summed E-state index contributed by atoms with van der Waals surface area (Å²) in [4.78, 5) is 0. The summed E-state index contributed by atoms with van der Waals surface area (Å²) in [5, 5.41) is 184. The van der Waals surface area contributed by atoms with Crippen LogP contribution in [0.2, 0.25) is 0 Å². The number of aliphatic hydroxyl groups excluding tert-OH is 16. The monoisotopic (exact) mass is 1240 g/mol. The van der Waals surface area contributed by atoms with Crippen molar-refractivity contribution >= 4 is 0 Å². The number of rotatable bonds is 19. The molecule has 3 saturated carbocycles. The number of fused-ring (bicyclic) bond motifs is 5. The lowest BCUT2D eigenvalue weighted by Crippen LogP contribution is -2.65. The quantitative estimate of drug-likeness (QED) is 0.0553. The highest BCUT2D eigenvalue weighted by Gasteiger charge is 2.70. The Morgan fingerprint density at radius 1 is 0.593 bits per heavy atom. The molecule has 5 heterocycles.